The molecule has 1 atom stereocenters. The quantitative estimate of drug-likeness (QED) is 0.00542. The number of Topliss-reactive ketones (excluding diaryl/α,β-unsaturated/α-hetero) is 1. The van der Waals surface area contributed by atoms with Gasteiger partial charge in [-0.15, -0.1) is 0 Å². The Morgan fingerprint density at radius 1 is 0.286 bits per heavy atom. The normalized spacial score (nSPS) is 10.8. The fourth-order valence-corrected chi connectivity index (χ4v) is 16.4. The molecule has 0 heterocycles. The molecule has 0 aliphatic carbocycles. The van der Waals surface area contributed by atoms with Gasteiger partial charge in [-0.1, -0.05) is 461 Å². The van der Waals surface area contributed by atoms with Crippen LogP contribution < -0.4 is 18.9 Å². The second kappa shape index (κ2) is 111. The number of carboxylic acids is 1. The summed E-state index contributed by atoms with van der Waals surface area (Å²) in [6.45, 7) is 43.7. The molecule has 835 valence electrons. The van der Waals surface area contributed by atoms with Gasteiger partial charge < -0.3 is 62.9 Å². The van der Waals surface area contributed by atoms with Crippen LogP contribution in [0.3, 0.4) is 0 Å². The Bertz CT molecular complexity index is 3930. The summed E-state index contributed by atoms with van der Waals surface area (Å²) in [5.74, 6) is -1.46. The van der Waals surface area contributed by atoms with Gasteiger partial charge in [0.15, 0.2) is 0 Å². The van der Waals surface area contributed by atoms with Crippen molar-refractivity contribution < 1.29 is 104 Å². The van der Waals surface area contributed by atoms with Gasteiger partial charge in [0.25, 0.3) is 0 Å². The predicted molar refractivity (Wildman–Crippen MR) is 597 cm³/mol. The zero-order chi connectivity index (χ0) is 107. The van der Waals surface area contributed by atoms with Crippen LogP contribution in [0.2, 0.25) is 0 Å². The number of carbonyl (C=O) groups excluding carboxylic acids is 6. The topological polar surface area (TPSA) is 271 Å². The number of allylic oxidation sites excluding steroid dienone is 1. The third-order valence-corrected chi connectivity index (χ3v) is 25.2. The molecule has 23 heteroatoms. The van der Waals surface area contributed by atoms with Crippen LogP contribution in [-0.4, -0.2) is 129 Å². The maximum Gasteiger partial charge on any atom is 0.398 e. The second-order valence-electron chi connectivity index (χ2n) is 38.7. The van der Waals surface area contributed by atoms with E-state index < -0.39 is 54.2 Å². The number of ether oxygens (including phenoxy) is 8. The first-order valence-corrected chi connectivity index (χ1v) is 57.4. The summed E-state index contributed by atoms with van der Waals surface area (Å²) in [5, 5.41) is 25.9. The summed E-state index contributed by atoms with van der Waals surface area (Å²) in [6.07, 6.45) is 90.5. The average Bonchev–Trinajstić information content (AvgIpc) is 0.913. The number of aliphatic carboxylic acids is 1. The minimum atomic E-state index is -1.34. The van der Waals surface area contributed by atoms with Gasteiger partial charge in [-0.25, -0.2) is 38.9 Å². The van der Waals surface area contributed by atoms with Crippen molar-refractivity contribution in [1.29, 1.82) is 0 Å². The van der Waals surface area contributed by atoms with Crippen LogP contribution in [0, 0.1) is 26.3 Å². The van der Waals surface area contributed by atoms with E-state index in [4.69, 9.17) is 69.7 Å². The Balaban J connectivity index is -0.00000180. The minimum absolute atomic E-state index is 0. The molecule has 0 spiro atoms. The number of nitrogens with zero attached hydrogens (tertiary/aromatic N) is 4. The molecule has 4 aromatic rings. The zero-order valence-corrected chi connectivity index (χ0v) is 94.0. The average molecular weight is 2100 g/mol. The molecule has 0 aromatic heterocycles. The number of aliphatic hydroxyl groups is 2. The molecule has 3 N–H and O–H groups in total. The van der Waals surface area contributed by atoms with Crippen LogP contribution in [0.4, 0.5) is 0 Å². The van der Waals surface area contributed by atoms with Gasteiger partial charge in [0.05, 0.1) is 52.8 Å². The van der Waals surface area contributed by atoms with Gasteiger partial charge in [-0.05, 0) is 110 Å². The molecule has 0 aliphatic rings. The van der Waals surface area contributed by atoms with Crippen molar-refractivity contribution in [3.8, 4) is 23.0 Å². The Hall–Kier alpha value is -9.25. The van der Waals surface area contributed by atoms with Crippen molar-refractivity contribution >= 4 is 41.6 Å². The van der Waals surface area contributed by atoms with E-state index in [2.05, 4.69) is 51.8 Å². The molecule has 147 heavy (non-hydrogen) atoms. The summed E-state index contributed by atoms with van der Waals surface area (Å²) in [4.78, 5) is 86.4. The summed E-state index contributed by atoms with van der Waals surface area (Å²) in [5.41, 5.74) is 3.93. The molecule has 0 saturated heterocycles. The zero-order valence-electron chi connectivity index (χ0n) is 93.0. The number of hydrogen-bond donors (Lipinski definition) is 3. The number of hydrogen-bond acceptors (Lipinski definition) is 17. The molecule has 0 aliphatic heterocycles. The van der Waals surface area contributed by atoms with E-state index in [-0.39, 0.29) is 54.9 Å². The SMILES string of the molecule is CC(=O)OC(C)=O.CCCCCCCCCCCCCCCCCCOc1ccc(CCO)cc1.[C-]#[N+]C(C(=O)OCCc1ccc(OCCCCCCCCCCCCCCCCCC)cc1)=C(C)O.[C-]#[N+]C(C(C)=O)C(=O)OCCc1ccc(OCCCCCCCCCCCCCCCCCC)cc1.[C-]#[N+]CC(=O)O.[C-]#[N+]CC(=O)OCCc1ccc(OCCCCCCCCCCCCCCCCCC)cc1.[Cu]. The van der Waals surface area contributed by atoms with E-state index in [1.165, 1.54) is 413 Å². The number of ketones is 1. The molecular formula is C124H200CuN4O18. The molecular weight excluding hydrogens is 1900 g/mol. The molecule has 0 amide bonds. The van der Waals surface area contributed by atoms with Crippen LogP contribution >= 0.6 is 0 Å². The third-order valence-electron chi connectivity index (χ3n) is 25.2. The van der Waals surface area contributed by atoms with Gasteiger partial charge >= 0.3 is 60.6 Å². The minimum Gasteiger partial charge on any atom is -0.523 e. The van der Waals surface area contributed by atoms with Crippen LogP contribution in [0.15, 0.2) is 109 Å². The first-order chi connectivity index (χ1) is 71.2. The van der Waals surface area contributed by atoms with E-state index in [1.54, 1.807) is 0 Å². The summed E-state index contributed by atoms with van der Waals surface area (Å²) in [6, 6.07) is 30.3. The number of carboxylic acid groups (broad SMARTS) is 1. The van der Waals surface area contributed by atoms with E-state index in [9.17, 15) is 38.7 Å². The molecule has 1 radical (unpaired) electrons. The van der Waals surface area contributed by atoms with Crippen molar-refractivity contribution in [2.75, 3.05) is 65.9 Å². The number of rotatable bonds is 88. The Labute approximate surface area is 903 Å². The number of aliphatic hydroxyl groups excluding tert-OH is 2. The van der Waals surface area contributed by atoms with Crippen LogP contribution in [-0.2, 0) is 95.3 Å². The van der Waals surface area contributed by atoms with Crippen molar-refractivity contribution in [2.24, 2.45) is 0 Å². The Kier molecular flexibility index (Phi) is 107. The fourth-order valence-electron chi connectivity index (χ4n) is 16.4. The predicted octanol–water partition coefficient (Wildman–Crippen LogP) is 33.7. The molecule has 1 unspecified atom stereocenters. The van der Waals surface area contributed by atoms with E-state index in [0.29, 0.717) is 25.9 Å². The van der Waals surface area contributed by atoms with Crippen LogP contribution in [0.25, 0.3) is 19.4 Å². The van der Waals surface area contributed by atoms with Gasteiger partial charge in [0, 0.05) is 63.7 Å². The summed E-state index contributed by atoms with van der Waals surface area (Å²) < 4.78 is 42.4. The maximum atomic E-state index is 11.7. The van der Waals surface area contributed by atoms with Crippen molar-refractivity contribution in [3.63, 3.8) is 0 Å². The van der Waals surface area contributed by atoms with E-state index in [0.717, 1.165) is 104 Å². The number of benzene rings is 4. The summed E-state index contributed by atoms with van der Waals surface area (Å²) in [7, 11) is 0. The fraction of sp³-hybridized carbons (Fsp3) is 0.702. The Morgan fingerprint density at radius 3 is 0.680 bits per heavy atom. The Morgan fingerprint density at radius 2 is 0.503 bits per heavy atom. The van der Waals surface area contributed by atoms with Crippen molar-refractivity contribution in [3.05, 3.63) is 176 Å². The van der Waals surface area contributed by atoms with Gasteiger partial charge in [-0.2, -0.15) is 0 Å². The molecule has 0 fully saturated rings. The van der Waals surface area contributed by atoms with Gasteiger partial charge in [0.2, 0.25) is 5.78 Å². The first kappa shape index (κ1) is 142. The van der Waals surface area contributed by atoms with Crippen LogP contribution in [0.5, 0.6) is 23.0 Å². The molecule has 4 rings (SSSR count). The largest absolute Gasteiger partial charge is 0.523 e. The standard InChI is InChI=1S/2C31H49NO4.C29H47NO3.C26H46O2.C4H6O3.C3H3NO2.Cu/c2*1-4-5-6-7-8-9-10-11-12-13-14-15-16-17-18-19-25-35-29-22-20-28(21-23-29)24-26-36-31(34)30(32-3)27(2)33;1-3-4-5-6-7-8-9-10-11-12-13-14-15-16-17-18-24-32-28-21-19-27(20-22-28)23-25-33-29(31)26-30-2;1-2-3-4-5-6-7-8-9-10-11-12-13-14-15-16-17-24-28-26-20-18-25(19-21-26)22-23-27;1-3(5)7-4(2)6;1-4-2-3(5)6;/h20-23,33H,4-19,24-26H2,1-2H3;20-23,30H,4-19,24-26H2,1-2H3;19-22H,3-18,23-26H2,1H3;18-21,27H,2-17,22-24H2,1H3;1-2H3;2H2,(H,5,6);. The number of unbranched alkanes of at least 4 members (excludes halogenated alkanes) is 60. The number of esters is 5. The maximum absolute atomic E-state index is 11.7. The van der Waals surface area contributed by atoms with E-state index in [1.807, 2.05) is 97.1 Å². The molecule has 4 aromatic carbocycles. The second-order valence-corrected chi connectivity index (χ2v) is 38.7. The van der Waals surface area contributed by atoms with E-state index >= 15 is 0 Å². The first-order valence-electron chi connectivity index (χ1n) is 57.4. The van der Waals surface area contributed by atoms with Gasteiger partial charge in [-0.3, -0.25) is 24.0 Å². The summed E-state index contributed by atoms with van der Waals surface area (Å²) >= 11 is 0. The monoisotopic (exact) mass is 2100 g/mol. The molecule has 22 nitrogen and oxygen atoms in total. The smallest absolute Gasteiger partial charge is 0.398 e. The molecule has 0 bridgehead atoms. The molecule has 0 saturated carbocycles. The number of carbonyl (C=O) groups is 7. The van der Waals surface area contributed by atoms with Crippen LogP contribution in [0.1, 0.15) is 489 Å². The van der Waals surface area contributed by atoms with Gasteiger partial charge in [0.1, 0.15) is 28.8 Å². The van der Waals surface area contributed by atoms with Crippen molar-refractivity contribution in [2.45, 2.75) is 498 Å². The van der Waals surface area contributed by atoms with Crippen molar-refractivity contribution in [1.82, 2.24) is 0 Å². The third kappa shape index (κ3) is 99.8.